The lowest BCUT2D eigenvalue weighted by Crippen LogP contribution is -2.35. The van der Waals surface area contributed by atoms with E-state index in [1.54, 1.807) is 6.26 Å². The van der Waals surface area contributed by atoms with Crippen LogP contribution in [0.1, 0.15) is 6.23 Å². The number of aliphatic hydroxyl groups is 2. The van der Waals surface area contributed by atoms with Crippen molar-refractivity contribution in [3.63, 3.8) is 0 Å². The summed E-state index contributed by atoms with van der Waals surface area (Å²) < 4.78 is 65.8. The average molecular weight is 632 g/mol. The Morgan fingerprint density at radius 1 is 1.03 bits per heavy atom. The van der Waals surface area contributed by atoms with E-state index in [4.69, 9.17) is 19.4 Å². The fourth-order valence-electron chi connectivity index (χ4n) is 3.18. The van der Waals surface area contributed by atoms with Gasteiger partial charge in [0.2, 0.25) is 0 Å². The second kappa shape index (κ2) is 13.5. The second-order valence-electron chi connectivity index (χ2n) is 7.04. The lowest BCUT2D eigenvalue weighted by Gasteiger charge is -2.19. The monoisotopic (exact) mass is 632 g/mol. The van der Waals surface area contributed by atoms with Gasteiger partial charge >= 0.3 is 23.5 Å². The lowest BCUT2D eigenvalue weighted by molar-refractivity contribution is -0.0533. The summed E-state index contributed by atoms with van der Waals surface area (Å²) in [5.74, 6) is -0.651. The van der Waals surface area contributed by atoms with Crippen LogP contribution in [0.5, 0.6) is 0 Å². The van der Waals surface area contributed by atoms with Gasteiger partial charge in [0, 0.05) is 11.1 Å². The van der Waals surface area contributed by atoms with E-state index >= 15 is 0 Å². The number of phosphoric ester groups is 1. The number of aromatic nitrogens is 1. The van der Waals surface area contributed by atoms with Gasteiger partial charge in [-0.3, -0.25) is 13.9 Å². The van der Waals surface area contributed by atoms with Gasteiger partial charge in [-0.25, -0.2) is 18.1 Å². The highest BCUT2D eigenvalue weighted by molar-refractivity contribution is 7.98. The molecule has 1 saturated heterocycles. The maximum Gasteiger partial charge on any atom is 0.490 e. The van der Waals surface area contributed by atoms with Gasteiger partial charge in [-0.1, -0.05) is 0 Å². The molecule has 2 heterocycles. The average Bonchev–Trinajstić information content (AvgIpc) is 2.98. The molecule has 3 rings (SSSR count). The van der Waals surface area contributed by atoms with Gasteiger partial charge < -0.3 is 53.0 Å². The van der Waals surface area contributed by atoms with Gasteiger partial charge in [-0.15, -0.1) is 11.8 Å². The Kier molecular flexibility index (Phi) is 13.1. The van der Waals surface area contributed by atoms with E-state index in [2.05, 4.69) is 13.1 Å². The zero-order valence-corrected chi connectivity index (χ0v) is 23.0. The number of aliphatic hydroxyl groups excluding tert-OH is 2. The Bertz CT molecular complexity index is 1330. The molecule has 0 spiro atoms. The first kappa shape index (κ1) is 36.9. The fraction of sp³-hybridized carbons (Fsp3) is 0.400. The third-order valence-corrected chi connectivity index (χ3v) is 9.19. The molecule has 38 heavy (non-hydrogen) atoms. The molecule has 1 aliphatic heterocycles. The summed E-state index contributed by atoms with van der Waals surface area (Å²) in [6, 6.07) is 3.90. The smallest absolute Gasteiger partial charge is 0.387 e. The molecule has 0 radical (unpaired) electrons. The number of hydrogen-bond acceptors (Lipinski definition) is 14. The molecule has 15 N–H and O–H groups in total. The minimum absolute atomic E-state index is 0. The van der Waals surface area contributed by atoms with E-state index in [9.17, 15) is 38.0 Å². The van der Waals surface area contributed by atoms with Crippen LogP contribution in [0, 0.1) is 5.82 Å². The Hall–Kier alpha value is -1.12. The predicted molar refractivity (Wildman–Crippen MR) is 131 cm³/mol. The molecule has 18 nitrogen and oxygen atoms in total. The molecule has 1 fully saturated rings. The maximum atomic E-state index is 14.2. The molecule has 1 aliphatic rings. The number of nitrogens with zero attached hydrogens (tertiary/aromatic N) is 1. The van der Waals surface area contributed by atoms with E-state index in [1.807, 2.05) is 0 Å². The summed E-state index contributed by atoms with van der Waals surface area (Å²) in [6.07, 6.45) is -3.82. The molecule has 0 aliphatic carbocycles. The highest BCUT2D eigenvalue weighted by atomic mass is 32.2. The van der Waals surface area contributed by atoms with E-state index in [-0.39, 0.29) is 23.8 Å². The molecular weight excluding hydrogens is 604 g/mol. The van der Waals surface area contributed by atoms with Gasteiger partial charge in [-0.2, -0.15) is 8.62 Å². The van der Waals surface area contributed by atoms with E-state index in [0.29, 0.717) is 10.3 Å². The third-order valence-electron chi connectivity index (χ3n) is 4.63. The lowest BCUT2D eigenvalue weighted by atomic mass is 10.1. The van der Waals surface area contributed by atoms with Crippen LogP contribution in [0.4, 0.5) is 4.39 Å². The zero-order valence-electron chi connectivity index (χ0n) is 19.5. The number of phosphoric acid groups is 3. The summed E-state index contributed by atoms with van der Waals surface area (Å²) in [6.45, 7) is -1.05. The number of ether oxygens (including phenoxy) is 1. The topological polar surface area (TPSA) is 337 Å². The van der Waals surface area contributed by atoms with Crippen LogP contribution in [0.15, 0.2) is 34.1 Å². The number of fused-ring (bicyclic) bond motifs is 1. The van der Waals surface area contributed by atoms with Crippen LogP contribution in [-0.4, -0.2) is 65.5 Å². The van der Waals surface area contributed by atoms with E-state index < -0.39 is 66.0 Å². The van der Waals surface area contributed by atoms with Crippen molar-refractivity contribution in [2.24, 2.45) is 0 Å². The Balaban J connectivity index is 0.00000456. The number of pyridine rings is 1. The standard InChI is InChI=1S/C15H19FNO14P3S.3H3N/c1-35-11-4-7-2-3-17(14(20)8(7)5-9(11)16)15-13(19)12(18)10(29-15)6-28-33(24,25)31-34(26,27)30-32(21,22)23;;;/h2-5,10,12-13,15,18-19H,6H2,1H3,(H,24,25)(H,26,27)(H2,21,22,23);3*1H3/t10-,12+,13+,15-;;;/m0.../s1. The summed E-state index contributed by atoms with van der Waals surface area (Å²) in [4.78, 5) is 48.9. The van der Waals surface area contributed by atoms with Crippen molar-refractivity contribution in [3.8, 4) is 0 Å². The van der Waals surface area contributed by atoms with Gasteiger partial charge in [-0.05, 0) is 29.8 Å². The van der Waals surface area contributed by atoms with Gasteiger partial charge in [0.05, 0.1) is 12.0 Å². The third kappa shape index (κ3) is 8.69. The van der Waals surface area contributed by atoms with Crippen molar-refractivity contribution in [3.05, 3.63) is 40.6 Å². The molecule has 220 valence electrons. The molecule has 23 heteroatoms. The quantitative estimate of drug-likeness (QED) is 0.139. The van der Waals surface area contributed by atoms with Crippen LogP contribution in [-0.2, 0) is 31.6 Å². The zero-order chi connectivity index (χ0) is 26.3. The Labute approximate surface area is 217 Å². The van der Waals surface area contributed by atoms with Crippen molar-refractivity contribution < 1.29 is 65.8 Å². The summed E-state index contributed by atoms with van der Waals surface area (Å²) in [5, 5.41) is 20.9. The number of benzene rings is 1. The molecule has 0 amide bonds. The molecular formula is C15H28FN4O14P3S. The van der Waals surface area contributed by atoms with Crippen LogP contribution in [0.25, 0.3) is 10.8 Å². The Morgan fingerprint density at radius 3 is 2.18 bits per heavy atom. The Morgan fingerprint density at radius 2 is 1.63 bits per heavy atom. The minimum Gasteiger partial charge on any atom is -0.387 e. The first-order chi connectivity index (χ1) is 16.0. The first-order valence-electron chi connectivity index (χ1n) is 9.22. The van der Waals surface area contributed by atoms with Crippen LogP contribution in [0.3, 0.4) is 0 Å². The van der Waals surface area contributed by atoms with Gasteiger partial charge in [0.15, 0.2) is 6.23 Å². The number of thioether (sulfide) groups is 1. The van der Waals surface area contributed by atoms with Crippen molar-refractivity contribution in [1.29, 1.82) is 0 Å². The first-order valence-corrected chi connectivity index (χ1v) is 15.0. The summed E-state index contributed by atoms with van der Waals surface area (Å²) >= 11 is 1.13. The van der Waals surface area contributed by atoms with Gasteiger partial charge in [0.1, 0.15) is 24.1 Å². The van der Waals surface area contributed by atoms with Crippen LogP contribution in [0.2, 0.25) is 0 Å². The summed E-state index contributed by atoms with van der Waals surface area (Å²) in [5.41, 5.74) is -0.779. The number of hydrogen-bond donors (Lipinski definition) is 9. The van der Waals surface area contributed by atoms with E-state index in [1.165, 1.54) is 18.3 Å². The minimum atomic E-state index is -5.76. The van der Waals surface area contributed by atoms with Crippen LogP contribution < -0.4 is 24.0 Å². The molecule has 0 saturated carbocycles. The van der Waals surface area contributed by atoms with Crippen molar-refractivity contribution in [1.82, 2.24) is 23.0 Å². The normalized spacial score (nSPS) is 24.4. The summed E-state index contributed by atoms with van der Waals surface area (Å²) in [7, 11) is -16.9. The number of rotatable bonds is 9. The van der Waals surface area contributed by atoms with Crippen molar-refractivity contribution >= 4 is 46.0 Å². The predicted octanol–water partition coefficient (Wildman–Crippen LogP) is 1.31. The highest BCUT2D eigenvalue weighted by Gasteiger charge is 2.46. The molecule has 2 unspecified atom stereocenters. The molecule has 2 aromatic rings. The van der Waals surface area contributed by atoms with Crippen LogP contribution >= 0.6 is 35.2 Å². The number of halogens is 1. The molecule has 1 aromatic carbocycles. The fourth-order valence-corrected chi connectivity index (χ4v) is 6.71. The maximum absolute atomic E-state index is 14.2. The van der Waals surface area contributed by atoms with Crippen molar-refractivity contribution in [2.75, 3.05) is 12.9 Å². The molecule has 6 atom stereocenters. The van der Waals surface area contributed by atoms with Crippen molar-refractivity contribution in [2.45, 2.75) is 29.4 Å². The molecule has 0 bridgehead atoms. The SMILES string of the molecule is CSc1cc2ccn([C@H]3O[C@@H](COP(=O)(O)OP(=O)(O)OP(=O)(O)O)[C@@H](O)[C@H]3O)c(=O)c2cc1F.N.N.N. The second-order valence-corrected chi connectivity index (χ2v) is 12.3. The van der Waals surface area contributed by atoms with E-state index in [0.717, 1.165) is 22.4 Å². The largest absolute Gasteiger partial charge is 0.490 e. The molecule has 1 aromatic heterocycles. The highest BCUT2D eigenvalue weighted by Crippen LogP contribution is 2.66. The van der Waals surface area contributed by atoms with Gasteiger partial charge in [0.25, 0.3) is 5.56 Å².